The normalized spacial score (nSPS) is 29.1. The third-order valence-corrected chi connectivity index (χ3v) is 3.22. The van der Waals surface area contributed by atoms with Gasteiger partial charge in [0.25, 0.3) is 0 Å². The van der Waals surface area contributed by atoms with E-state index in [-0.39, 0.29) is 12.2 Å². The highest BCUT2D eigenvalue weighted by molar-refractivity contribution is 5.31. The maximum Gasteiger partial charge on any atom is 0.107 e. The number of hydrogen-bond donors (Lipinski definition) is 0. The van der Waals surface area contributed by atoms with Gasteiger partial charge in [-0.1, -0.05) is 18.2 Å². The first kappa shape index (κ1) is 12.1. The molecule has 0 amide bonds. The van der Waals surface area contributed by atoms with E-state index < -0.39 is 0 Å². The van der Waals surface area contributed by atoms with E-state index in [2.05, 4.69) is 12.1 Å². The van der Waals surface area contributed by atoms with Crippen LogP contribution in [0.3, 0.4) is 0 Å². The van der Waals surface area contributed by atoms with Gasteiger partial charge in [-0.25, -0.2) is 0 Å². The summed E-state index contributed by atoms with van der Waals surface area (Å²) in [6.07, 6.45) is -0.0581. The summed E-state index contributed by atoms with van der Waals surface area (Å²) in [4.78, 5) is 0. The Labute approximate surface area is 107 Å². The standard InChI is InChI=1S/C14H17O4/c1-2-4-12(14-10-16-6-8-18-14)11(3-1)13-9-15-5-7-17-13/h1-3,13-14H,5-10H2. The Balaban J connectivity index is 1.83. The molecule has 1 aromatic carbocycles. The molecule has 2 aliphatic heterocycles. The van der Waals surface area contributed by atoms with Crippen molar-refractivity contribution < 1.29 is 18.9 Å². The minimum atomic E-state index is -0.0412. The van der Waals surface area contributed by atoms with E-state index in [1.165, 1.54) is 0 Å². The average molecular weight is 249 g/mol. The topological polar surface area (TPSA) is 36.9 Å². The minimum absolute atomic E-state index is 0.0169. The third-order valence-electron chi connectivity index (χ3n) is 3.22. The van der Waals surface area contributed by atoms with E-state index in [0.29, 0.717) is 39.6 Å². The molecule has 2 unspecified atom stereocenters. The molecule has 0 aromatic heterocycles. The van der Waals surface area contributed by atoms with Gasteiger partial charge in [0.2, 0.25) is 0 Å². The third kappa shape index (κ3) is 2.57. The molecule has 4 heteroatoms. The van der Waals surface area contributed by atoms with E-state index in [1.807, 2.05) is 12.1 Å². The lowest BCUT2D eigenvalue weighted by Gasteiger charge is -2.29. The summed E-state index contributed by atoms with van der Waals surface area (Å²) in [6.45, 7) is 3.79. The molecule has 4 nitrogen and oxygen atoms in total. The van der Waals surface area contributed by atoms with Crippen LogP contribution in [-0.2, 0) is 18.9 Å². The molecular formula is C14H17O4. The quantitative estimate of drug-likeness (QED) is 0.799. The molecule has 2 aliphatic rings. The molecule has 0 aliphatic carbocycles. The second-order valence-corrected chi connectivity index (χ2v) is 4.41. The van der Waals surface area contributed by atoms with Crippen molar-refractivity contribution in [3.63, 3.8) is 0 Å². The molecule has 2 heterocycles. The summed E-state index contributed by atoms with van der Waals surface area (Å²) in [5.74, 6) is 0. The first-order chi connectivity index (χ1) is 8.95. The summed E-state index contributed by atoms with van der Waals surface area (Å²) in [6, 6.07) is 9.20. The van der Waals surface area contributed by atoms with E-state index >= 15 is 0 Å². The Kier molecular flexibility index (Phi) is 3.90. The van der Waals surface area contributed by atoms with Crippen molar-refractivity contribution in [1.82, 2.24) is 0 Å². The van der Waals surface area contributed by atoms with Gasteiger partial charge in [0.05, 0.1) is 39.6 Å². The van der Waals surface area contributed by atoms with Crippen LogP contribution in [0, 0.1) is 6.07 Å². The van der Waals surface area contributed by atoms with Crippen LogP contribution in [0.4, 0.5) is 0 Å². The number of rotatable bonds is 2. The van der Waals surface area contributed by atoms with Crippen molar-refractivity contribution in [2.24, 2.45) is 0 Å². The molecular weight excluding hydrogens is 232 g/mol. The molecule has 0 saturated carbocycles. The second-order valence-electron chi connectivity index (χ2n) is 4.41. The molecule has 0 bridgehead atoms. The van der Waals surface area contributed by atoms with Crippen LogP contribution in [0.25, 0.3) is 0 Å². The lowest BCUT2D eigenvalue weighted by molar-refractivity contribution is -0.101. The fraction of sp³-hybridized carbons (Fsp3) is 0.571. The molecule has 18 heavy (non-hydrogen) atoms. The number of benzene rings is 1. The van der Waals surface area contributed by atoms with Gasteiger partial charge in [-0.3, -0.25) is 0 Å². The van der Waals surface area contributed by atoms with Gasteiger partial charge in [-0.2, -0.15) is 0 Å². The summed E-state index contributed by atoms with van der Waals surface area (Å²) in [5, 5.41) is 0. The summed E-state index contributed by atoms with van der Waals surface area (Å²) >= 11 is 0. The Bertz CT molecular complexity index is 344. The maximum absolute atomic E-state index is 5.75. The average Bonchev–Trinajstić information content (AvgIpc) is 2.49. The second kappa shape index (κ2) is 5.80. The molecule has 1 radical (unpaired) electrons. The van der Waals surface area contributed by atoms with Crippen LogP contribution in [0.1, 0.15) is 23.3 Å². The molecule has 0 spiro atoms. The molecule has 1 aromatic rings. The Morgan fingerprint density at radius 3 is 2.33 bits per heavy atom. The largest absolute Gasteiger partial charge is 0.376 e. The molecule has 2 fully saturated rings. The highest BCUT2D eigenvalue weighted by atomic mass is 16.6. The van der Waals surface area contributed by atoms with Crippen molar-refractivity contribution in [2.45, 2.75) is 12.2 Å². The Hall–Kier alpha value is -0.940. The lowest BCUT2D eigenvalue weighted by Crippen LogP contribution is -2.26. The first-order valence-electron chi connectivity index (χ1n) is 6.34. The van der Waals surface area contributed by atoms with Gasteiger partial charge in [0, 0.05) is 0 Å². The smallest absolute Gasteiger partial charge is 0.107 e. The van der Waals surface area contributed by atoms with Gasteiger partial charge in [-0.05, 0) is 17.2 Å². The van der Waals surface area contributed by atoms with Crippen LogP contribution in [0.5, 0.6) is 0 Å². The zero-order valence-corrected chi connectivity index (χ0v) is 10.3. The summed E-state index contributed by atoms with van der Waals surface area (Å²) < 4.78 is 22.4. The zero-order valence-electron chi connectivity index (χ0n) is 10.3. The van der Waals surface area contributed by atoms with Crippen molar-refractivity contribution in [3.8, 4) is 0 Å². The highest BCUT2D eigenvalue weighted by Crippen LogP contribution is 2.30. The Morgan fingerprint density at radius 2 is 1.67 bits per heavy atom. The summed E-state index contributed by atoms with van der Waals surface area (Å²) in [7, 11) is 0. The van der Waals surface area contributed by atoms with Crippen molar-refractivity contribution >= 4 is 0 Å². The predicted molar refractivity (Wildman–Crippen MR) is 64.3 cm³/mol. The van der Waals surface area contributed by atoms with E-state index in [4.69, 9.17) is 18.9 Å². The van der Waals surface area contributed by atoms with Gasteiger partial charge >= 0.3 is 0 Å². The van der Waals surface area contributed by atoms with Crippen molar-refractivity contribution in [3.05, 3.63) is 35.4 Å². The molecule has 2 saturated heterocycles. The van der Waals surface area contributed by atoms with E-state index in [1.54, 1.807) is 0 Å². The van der Waals surface area contributed by atoms with Crippen LogP contribution >= 0.6 is 0 Å². The van der Waals surface area contributed by atoms with Crippen LogP contribution < -0.4 is 0 Å². The molecule has 97 valence electrons. The summed E-state index contributed by atoms with van der Waals surface area (Å²) in [5.41, 5.74) is 2.14. The van der Waals surface area contributed by atoms with Gasteiger partial charge < -0.3 is 18.9 Å². The van der Waals surface area contributed by atoms with Crippen molar-refractivity contribution in [2.75, 3.05) is 39.6 Å². The van der Waals surface area contributed by atoms with E-state index in [9.17, 15) is 0 Å². The fourth-order valence-electron chi connectivity index (χ4n) is 2.34. The van der Waals surface area contributed by atoms with Gasteiger partial charge in [-0.15, -0.1) is 0 Å². The van der Waals surface area contributed by atoms with Gasteiger partial charge in [0.1, 0.15) is 12.2 Å². The Morgan fingerprint density at radius 1 is 0.944 bits per heavy atom. The molecule has 3 rings (SSSR count). The fourth-order valence-corrected chi connectivity index (χ4v) is 2.34. The maximum atomic E-state index is 5.75. The monoisotopic (exact) mass is 249 g/mol. The SMILES string of the molecule is [c]1cccc(C2COCCO2)c1C1COCCO1. The zero-order chi connectivity index (χ0) is 12.2. The lowest BCUT2D eigenvalue weighted by atomic mass is 9.98. The predicted octanol–water partition coefficient (Wildman–Crippen LogP) is 1.66. The molecule has 0 N–H and O–H groups in total. The van der Waals surface area contributed by atoms with E-state index in [0.717, 1.165) is 11.1 Å². The number of hydrogen-bond acceptors (Lipinski definition) is 4. The van der Waals surface area contributed by atoms with Crippen molar-refractivity contribution in [1.29, 1.82) is 0 Å². The minimum Gasteiger partial charge on any atom is -0.376 e. The highest BCUT2D eigenvalue weighted by Gasteiger charge is 2.25. The first-order valence-corrected chi connectivity index (χ1v) is 6.34. The van der Waals surface area contributed by atoms with Crippen LogP contribution in [0.15, 0.2) is 18.2 Å². The van der Waals surface area contributed by atoms with Gasteiger partial charge in [0.15, 0.2) is 0 Å². The molecule has 2 atom stereocenters. The van der Waals surface area contributed by atoms with Crippen LogP contribution in [-0.4, -0.2) is 39.6 Å². The number of ether oxygens (including phenoxy) is 4. The van der Waals surface area contributed by atoms with Crippen LogP contribution in [0.2, 0.25) is 0 Å².